The molecule has 3 rings (SSSR count). The number of aryl methyl sites for hydroxylation is 1. The summed E-state index contributed by atoms with van der Waals surface area (Å²) in [5, 5.41) is 10.8. The summed E-state index contributed by atoms with van der Waals surface area (Å²) in [6.45, 7) is 2.10. The van der Waals surface area contributed by atoms with E-state index in [1.807, 2.05) is 30.3 Å². The summed E-state index contributed by atoms with van der Waals surface area (Å²) >= 11 is 5.89. The van der Waals surface area contributed by atoms with Gasteiger partial charge in [-0.25, -0.2) is 9.89 Å². The van der Waals surface area contributed by atoms with E-state index in [2.05, 4.69) is 25.7 Å². The largest absolute Gasteiger partial charge is 0.493 e. The molecule has 0 aliphatic heterocycles. The van der Waals surface area contributed by atoms with Crippen molar-refractivity contribution in [3.63, 3.8) is 0 Å². The Kier molecular flexibility index (Phi) is 6.23. The normalized spacial score (nSPS) is 10.8. The van der Waals surface area contributed by atoms with Gasteiger partial charge in [0.05, 0.1) is 13.3 Å². The molecule has 0 bridgehead atoms. The molecule has 1 aromatic heterocycles. The van der Waals surface area contributed by atoms with Crippen LogP contribution in [0, 0.1) is 6.92 Å². The second-order valence-corrected chi connectivity index (χ2v) is 6.21. The molecule has 0 saturated heterocycles. The standard InChI is InChI=1S/C19H18ClN5O3/c1-12-18(22-19(26)25-23-12)24-21-10-14-5-8-16(17(9-14)27-2)28-11-13-3-6-15(20)7-4-13/h3-10H,11H2,1-2H3,(H2,22,24,25,26)/b21-10+. The Hall–Kier alpha value is -3.39. The summed E-state index contributed by atoms with van der Waals surface area (Å²) < 4.78 is 11.2. The van der Waals surface area contributed by atoms with Gasteiger partial charge in [-0.1, -0.05) is 23.7 Å². The van der Waals surface area contributed by atoms with Crippen LogP contribution in [-0.2, 0) is 6.61 Å². The highest BCUT2D eigenvalue weighted by Crippen LogP contribution is 2.28. The first-order valence-electron chi connectivity index (χ1n) is 8.33. The average Bonchev–Trinajstić information content (AvgIpc) is 2.70. The van der Waals surface area contributed by atoms with E-state index in [1.54, 1.807) is 32.4 Å². The smallest absolute Gasteiger partial charge is 0.363 e. The number of rotatable bonds is 7. The number of hydrogen-bond donors (Lipinski definition) is 2. The fraction of sp³-hybridized carbons (Fsp3) is 0.158. The minimum absolute atomic E-state index is 0.287. The number of benzene rings is 2. The third kappa shape index (κ3) is 5.08. The highest BCUT2D eigenvalue weighted by Gasteiger charge is 2.06. The minimum Gasteiger partial charge on any atom is -0.493 e. The maximum absolute atomic E-state index is 11.2. The van der Waals surface area contributed by atoms with Gasteiger partial charge >= 0.3 is 5.69 Å². The van der Waals surface area contributed by atoms with E-state index in [-0.39, 0.29) is 5.82 Å². The molecule has 0 saturated carbocycles. The number of aromatic amines is 1. The summed E-state index contributed by atoms with van der Waals surface area (Å²) in [6, 6.07) is 12.9. The van der Waals surface area contributed by atoms with Gasteiger partial charge in [-0.15, -0.1) is 0 Å². The van der Waals surface area contributed by atoms with Crippen molar-refractivity contribution in [2.45, 2.75) is 13.5 Å². The second kappa shape index (κ2) is 9.01. The van der Waals surface area contributed by atoms with E-state index < -0.39 is 5.69 Å². The van der Waals surface area contributed by atoms with Gasteiger partial charge in [0.15, 0.2) is 17.3 Å². The van der Waals surface area contributed by atoms with Crippen molar-refractivity contribution in [2.75, 3.05) is 12.5 Å². The van der Waals surface area contributed by atoms with Crippen LogP contribution in [0.1, 0.15) is 16.8 Å². The van der Waals surface area contributed by atoms with E-state index in [1.165, 1.54) is 0 Å². The van der Waals surface area contributed by atoms with Crippen LogP contribution in [0.15, 0.2) is 52.4 Å². The molecule has 0 atom stereocenters. The first-order chi connectivity index (χ1) is 13.5. The number of halogens is 1. The van der Waals surface area contributed by atoms with Gasteiger partial charge in [0, 0.05) is 5.02 Å². The number of hydrogen-bond acceptors (Lipinski definition) is 7. The van der Waals surface area contributed by atoms with E-state index in [4.69, 9.17) is 21.1 Å². The van der Waals surface area contributed by atoms with Crippen LogP contribution in [-0.4, -0.2) is 28.5 Å². The Morgan fingerprint density at radius 1 is 1.21 bits per heavy atom. The van der Waals surface area contributed by atoms with E-state index in [0.29, 0.717) is 28.8 Å². The quantitative estimate of drug-likeness (QED) is 0.467. The third-order valence-electron chi connectivity index (χ3n) is 3.75. The van der Waals surface area contributed by atoms with Crippen molar-refractivity contribution in [1.82, 2.24) is 15.2 Å². The zero-order valence-corrected chi connectivity index (χ0v) is 16.0. The number of aromatic nitrogens is 3. The molecule has 8 nitrogen and oxygen atoms in total. The first kappa shape index (κ1) is 19.4. The summed E-state index contributed by atoms with van der Waals surface area (Å²) in [5.41, 5.74) is 4.45. The highest BCUT2D eigenvalue weighted by molar-refractivity contribution is 6.30. The lowest BCUT2D eigenvalue weighted by Gasteiger charge is -2.11. The van der Waals surface area contributed by atoms with Gasteiger partial charge in [0.1, 0.15) is 12.3 Å². The van der Waals surface area contributed by atoms with Gasteiger partial charge in [0.2, 0.25) is 0 Å². The number of nitrogens with zero attached hydrogens (tertiary/aromatic N) is 3. The van der Waals surface area contributed by atoms with Crippen molar-refractivity contribution in [3.05, 3.63) is 74.8 Å². The number of anilines is 1. The summed E-state index contributed by atoms with van der Waals surface area (Å²) in [5.74, 6) is 1.47. The molecule has 2 aromatic carbocycles. The molecule has 0 unspecified atom stereocenters. The van der Waals surface area contributed by atoms with Gasteiger partial charge in [-0.2, -0.15) is 15.2 Å². The van der Waals surface area contributed by atoms with Crippen molar-refractivity contribution in [1.29, 1.82) is 0 Å². The van der Waals surface area contributed by atoms with E-state index >= 15 is 0 Å². The maximum atomic E-state index is 11.2. The number of ether oxygens (including phenoxy) is 2. The Morgan fingerprint density at radius 2 is 2.00 bits per heavy atom. The molecule has 0 amide bonds. The fourth-order valence-corrected chi connectivity index (χ4v) is 2.42. The molecule has 1 heterocycles. The van der Waals surface area contributed by atoms with Crippen LogP contribution in [0.2, 0.25) is 5.02 Å². The van der Waals surface area contributed by atoms with E-state index in [9.17, 15) is 4.79 Å². The lowest BCUT2D eigenvalue weighted by Crippen LogP contribution is -2.15. The predicted octanol–water partition coefficient (Wildman–Crippen LogP) is 3.16. The van der Waals surface area contributed by atoms with Crippen LogP contribution in [0.25, 0.3) is 0 Å². The molecule has 28 heavy (non-hydrogen) atoms. The number of hydrazone groups is 1. The van der Waals surface area contributed by atoms with Crippen LogP contribution in [0.4, 0.5) is 5.82 Å². The Bertz CT molecular complexity index is 1030. The second-order valence-electron chi connectivity index (χ2n) is 5.77. The van der Waals surface area contributed by atoms with Crippen LogP contribution >= 0.6 is 11.6 Å². The Labute approximate surface area is 166 Å². The zero-order valence-electron chi connectivity index (χ0n) is 15.3. The summed E-state index contributed by atoms with van der Waals surface area (Å²) in [6.07, 6.45) is 1.58. The van der Waals surface area contributed by atoms with Gasteiger partial charge < -0.3 is 9.47 Å². The molecular formula is C19H18ClN5O3. The molecule has 3 aromatic rings. The molecule has 2 N–H and O–H groups in total. The summed E-state index contributed by atoms with van der Waals surface area (Å²) in [4.78, 5) is 15.0. The van der Waals surface area contributed by atoms with E-state index in [0.717, 1.165) is 11.1 Å². The van der Waals surface area contributed by atoms with Crippen molar-refractivity contribution < 1.29 is 9.47 Å². The Morgan fingerprint density at radius 3 is 2.75 bits per heavy atom. The molecule has 0 fully saturated rings. The van der Waals surface area contributed by atoms with Crippen molar-refractivity contribution in [3.8, 4) is 11.5 Å². The first-order valence-corrected chi connectivity index (χ1v) is 8.70. The van der Waals surface area contributed by atoms with Crippen LogP contribution in [0.3, 0.4) is 0 Å². The van der Waals surface area contributed by atoms with Gasteiger partial charge in [0.25, 0.3) is 0 Å². The SMILES string of the molecule is COc1cc(/C=N/Nc2nc(=O)[nH]nc2C)ccc1OCc1ccc(Cl)cc1. The van der Waals surface area contributed by atoms with Gasteiger partial charge in [-0.3, -0.25) is 5.43 Å². The monoisotopic (exact) mass is 399 g/mol. The molecule has 144 valence electrons. The highest BCUT2D eigenvalue weighted by atomic mass is 35.5. The fourth-order valence-electron chi connectivity index (χ4n) is 2.29. The van der Waals surface area contributed by atoms with Gasteiger partial charge in [-0.05, 0) is 48.4 Å². The minimum atomic E-state index is -0.549. The average molecular weight is 400 g/mol. The molecule has 0 aliphatic rings. The molecule has 0 radical (unpaired) electrons. The van der Waals surface area contributed by atoms with Crippen LogP contribution in [0.5, 0.6) is 11.5 Å². The number of methoxy groups -OCH3 is 1. The molecule has 0 spiro atoms. The van der Waals surface area contributed by atoms with Crippen molar-refractivity contribution in [2.24, 2.45) is 5.10 Å². The third-order valence-corrected chi connectivity index (χ3v) is 4.01. The Balaban J connectivity index is 1.67. The maximum Gasteiger partial charge on any atom is 0.363 e. The summed E-state index contributed by atoms with van der Waals surface area (Å²) in [7, 11) is 1.57. The zero-order chi connectivity index (χ0) is 19.9. The lowest BCUT2D eigenvalue weighted by atomic mass is 10.2. The number of nitrogens with one attached hydrogen (secondary N) is 2. The predicted molar refractivity (Wildman–Crippen MR) is 107 cm³/mol. The number of H-pyrrole nitrogens is 1. The molecule has 9 heteroatoms. The molecule has 0 aliphatic carbocycles. The van der Waals surface area contributed by atoms with Crippen LogP contribution < -0.4 is 20.6 Å². The lowest BCUT2D eigenvalue weighted by molar-refractivity contribution is 0.284. The molecular weight excluding hydrogens is 382 g/mol. The van der Waals surface area contributed by atoms with Crippen molar-refractivity contribution >= 4 is 23.6 Å². The topological polar surface area (TPSA) is 101 Å².